The number of nitrogens with one attached hydrogen (secondary N) is 3. The average Bonchev–Trinajstić information content (AvgIpc) is 3.00. The van der Waals surface area contributed by atoms with Gasteiger partial charge in [0.15, 0.2) is 0 Å². The molecule has 0 spiro atoms. The summed E-state index contributed by atoms with van der Waals surface area (Å²) in [5, 5.41) is 6.65. The third-order valence-corrected chi connectivity index (χ3v) is 7.16. The molecule has 1 heterocycles. The van der Waals surface area contributed by atoms with Gasteiger partial charge >= 0.3 is 17.1 Å². The molecule has 1 aromatic heterocycles. The lowest BCUT2D eigenvalue weighted by Crippen LogP contribution is -2.54. The van der Waals surface area contributed by atoms with Gasteiger partial charge in [-0.3, -0.25) is 44.7 Å². The fourth-order valence-corrected chi connectivity index (χ4v) is 4.34. The molecule has 0 atom stereocenters. The maximum Gasteiger partial charge on any atom is 0.336 e. The molecule has 15 heteroatoms. The minimum absolute atomic E-state index is 0.00188. The zero-order chi connectivity index (χ0) is 36.4. The topological polar surface area (TPSA) is 205 Å². The molecule has 0 bridgehead atoms. The van der Waals surface area contributed by atoms with Crippen molar-refractivity contribution in [3.63, 3.8) is 0 Å². The largest absolute Gasteiger partial charge is 0.336 e. The Bertz CT molecular complexity index is 1380. The fourth-order valence-electron chi connectivity index (χ4n) is 4.34. The number of aromatic nitrogens is 3. The normalized spacial score (nSPS) is 10.6. The third-order valence-electron chi connectivity index (χ3n) is 7.16. The number of nitrogens with zero attached hydrogens (tertiary/aromatic N) is 3. The number of amides is 6. The Kier molecular flexibility index (Phi) is 18.0. The summed E-state index contributed by atoms with van der Waals surface area (Å²) in [6.45, 7) is 14.9. The molecule has 0 aromatic carbocycles. The van der Waals surface area contributed by atoms with E-state index in [1.807, 2.05) is 0 Å². The van der Waals surface area contributed by atoms with Crippen LogP contribution in [0.5, 0.6) is 0 Å². The summed E-state index contributed by atoms with van der Waals surface area (Å²) >= 11 is 0. The first-order valence-corrected chi connectivity index (χ1v) is 16.0. The monoisotopic (exact) mass is 672 g/mol. The molecule has 0 aliphatic carbocycles. The maximum absolute atomic E-state index is 13.3. The van der Waals surface area contributed by atoms with Crippen LogP contribution in [0.4, 0.5) is 0 Å². The van der Waals surface area contributed by atoms with Gasteiger partial charge in [-0.25, -0.2) is 28.1 Å². The van der Waals surface area contributed by atoms with E-state index in [0.29, 0.717) is 57.8 Å². The summed E-state index contributed by atoms with van der Waals surface area (Å²) in [6.07, 6.45) is 3.84. The molecule has 6 amide bonds. The van der Waals surface area contributed by atoms with E-state index < -0.39 is 52.5 Å². The summed E-state index contributed by atoms with van der Waals surface area (Å²) in [7, 11) is 0. The first kappa shape index (κ1) is 41.1. The number of unbranched alkanes of at least 4 members (excludes halogenated alkanes) is 6. The molecule has 15 nitrogen and oxygen atoms in total. The van der Waals surface area contributed by atoms with Crippen molar-refractivity contribution in [1.29, 1.82) is 0 Å². The Labute approximate surface area is 279 Å². The molecule has 0 radical (unpaired) electrons. The predicted octanol–water partition coefficient (Wildman–Crippen LogP) is 1.51. The molecule has 0 unspecified atom stereocenters. The van der Waals surface area contributed by atoms with Crippen molar-refractivity contribution >= 4 is 35.4 Å². The molecule has 1 rings (SSSR count). The molecule has 0 aliphatic heterocycles. The van der Waals surface area contributed by atoms with Gasteiger partial charge in [-0.05, 0) is 59.3 Å². The number of hydrogen-bond donors (Lipinski definition) is 3. The van der Waals surface area contributed by atoms with E-state index in [2.05, 4.69) is 35.7 Å². The molecule has 48 heavy (non-hydrogen) atoms. The molecule has 0 fully saturated rings. The standard InChI is InChI=1S/C33H48N6O9/c1-22(2)28(43)34-25(40)16-10-7-13-19-37-31(46)38(20-14-8-11-17-26(41)35-29(44)23(3)4)33(48)39(32(37)47)21-15-9-12-18-27(42)36-30(45)24(5)6/h1,3,5,7-21H2,2,4,6H3,(H,34,40,43)(H,35,41,44)(H,36,42,45). The van der Waals surface area contributed by atoms with Gasteiger partial charge in [0.25, 0.3) is 17.7 Å². The van der Waals surface area contributed by atoms with E-state index in [4.69, 9.17) is 0 Å². The third kappa shape index (κ3) is 14.6. The molecular formula is C33H48N6O9. The van der Waals surface area contributed by atoms with Crippen LogP contribution in [-0.4, -0.2) is 49.1 Å². The Morgan fingerprint density at radius 1 is 0.438 bits per heavy atom. The molecule has 0 saturated carbocycles. The smallest absolute Gasteiger partial charge is 0.293 e. The summed E-state index contributed by atoms with van der Waals surface area (Å²) in [6, 6.07) is 0. The zero-order valence-corrected chi connectivity index (χ0v) is 28.2. The summed E-state index contributed by atoms with van der Waals surface area (Å²) in [4.78, 5) is 110. The van der Waals surface area contributed by atoms with Crippen molar-refractivity contribution < 1.29 is 28.8 Å². The first-order chi connectivity index (χ1) is 22.6. The fraction of sp³-hybridized carbons (Fsp3) is 0.545. The van der Waals surface area contributed by atoms with E-state index in [9.17, 15) is 43.2 Å². The molecule has 1 aromatic rings. The van der Waals surface area contributed by atoms with Crippen LogP contribution in [0.2, 0.25) is 0 Å². The van der Waals surface area contributed by atoms with Crippen LogP contribution in [0.15, 0.2) is 50.8 Å². The molecule has 0 saturated heterocycles. The molecule has 3 N–H and O–H groups in total. The number of carbonyl (C=O) groups excluding carboxylic acids is 6. The second-order valence-electron chi connectivity index (χ2n) is 11.7. The highest BCUT2D eigenvalue weighted by atomic mass is 16.2. The Morgan fingerprint density at radius 2 is 0.667 bits per heavy atom. The minimum atomic E-state index is -0.769. The van der Waals surface area contributed by atoms with E-state index in [1.165, 1.54) is 20.8 Å². The van der Waals surface area contributed by atoms with Gasteiger partial charge in [0, 0.05) is 55.6 Å². The van der Waals surface area contributed by atoms with E-state index in [1.54, 1.807) is 0 Å². The van der Waals surface area contributed by atoms with Crippen LogP contribution >= 0.6 is 0 Å². The second kappa shape index (κ2) is 21.0. The van der Waals surface area contributed by atoms with Crippen LogP contribution in [-0.2, 0) is 48.4 Å². The Balaban J connectivity index is 2.94. The Morgan fingerprint density at radius 3 is 0.875 bits per heavy atom. The van der Waals surface area contributed by atoms with Crippen LogP contribution < -0.4 is 33.0 Å². The maximum atomic E-state index is 13.3. The zero-order valence-electron chi connectivity index (χ0n) is 28.2. The summed E-state index contributed by atoms with van der Waals surface area (Å²) in [5.74, 6) is -3.06. The lowest BCUT2D eigenvalue weighted by molar-refractivity contribution is -0.130. The Hall–Kier alpha value is -4.95. The minimum Gasteiger partial charge on any atom is -0.293 e. The SMILES string of the molecule is C=C(C)C(=O)NC(=O)CCCCCn1c(=O)n(CCCCCC(=O)NC(=O)C(=C)C)c(=O)n(CCCCCC(=O)NC(=O)C(=C)C)c1=O. The lowest BCUT2D eigenvalue weighted by Gasteiger charge is -2.14. The van der Waals surface area contributed by atoms with Crippen LogP contribution in [0.3, 0.4) is 0 Å². The summed E-state index contributed by atoms with van der Waals surface area (Å²) in [5.41, 5.74) is -1.69. The number of imide groups is 3. The van der Waals surface area contributed by atoms with Crippen molar-refractivity contribution in [3.05, 3.63) is 67.9 Å². The number of carbonyl (C=O) groups is 6. The number of rotatable bonds is 21. The highest BCUT2D eigenvalue weighted by Gasteiger charge is 2.16. The lowest BCUT2D eigenvalue weighted by atomic mass is 10.1. The van der Waals surface area contributed by atoms with Gasteiger partial charge in [-0.2, -0.15) is 0 Å². The highest BCUT2D eigenvalue weighted by molar-refractivity contribution is 6.04. The van der Waals surface area contributed by atoms with Crippen molar-refractivity contribution in [2.75, 3.05) is 0 Å². The van der Waals surface area contributed by atoms with Crippen molar-refractivity contribution in [3.8, 4) is 0 Å². The van der Waals surface area contributed by atoms with Crippen molar-refractivity contribution in [2.45, 2.75) is 117 Å². The van der Waals surface area contributed by atoms with Crippen molar-refractivity contribution in [2.24, 2.45) is 0 Å². The summed E-state index contributed by atoms with van der Waals surface area (Å²) < 4.78 is 2.96. The predicted molar refractivity (Wildman–Crippen MR) is 179 cm³/mol. The molecule has 264 valence electrons. The van der Waals surface area contributed by atoms with Gasteiger partial charge in [0.2, 0.25) is 17.7 Å². The van der Waals surface area contributed by atoms with E-state index in [0.717, 1.165) is 13.7 Å². The highest BCUT2D eigenvalue weighted by Crippen LogP contribution is 2.04. The molecule has 0 aliphatic rings. The first-order valence-electron chi connectivity index (χ1n) is 16.0. The number of hydrogen-bond acceptors (Lipinski definition) is 9. The van der Waals surface area contributed by atoms with Gasteiger partial charge in [-0.1, -0.05) is 39.0 Å². The quantitative estimate of drug-likeness (QED) is 0.128. The average molecular weight is 673 g/mol. The second-order valence-corrected chi connectivity index (χ2v) is 11.7. The van der Waals surface area contributed by atoms with Gasteiger partial charge in [0.05, 0.1) is 0 Å². The van der Waals surface area contributed by atoms with Gasteiger partial charge in [-0.15, -0.1) is 0 Å². The van der Waals surface area contributed by atoms with Gasteiger partial charge < -0.3 is 0 Å². The van der Waals surface area contributed by atoms with Crippen LogP contribution in [0.25, 0.3) is 0 Å². The van der Waals surface area contributed by atoms with Crippen LogP contribution in [0, 0.1) is 0 Å². The van der Waals surface area contributed by atoms with E-state index >= 15 is 0 Å². The van der Waals surface area contributed by atoms with E-state index in [-0.39, 0.29) is 55.6 Å². The molecular weight excluding hydrogens is 624 g/mol. The van der Waals surface area contributed by atoms with Crippen LogP contribution in [0.1, 0.15) is 97.8 Å². The van der Waals surface area contributed by atoms with Crippen molar-refractivity contribution in [1.82, 2.24) is 29.7 Å². The van der Waals surface area contributed by atoms with Gasteiger partial charge in [0.1, 0.15) is 0 Å².